The van der Waals surface area contributed by atoms with Gasteiger partial charge in [-0.3, -0.25) is 10.1 Å². The molecule has 1 heterocycles. The maximum Gasteiger partial charge on any atom is 0.262 e. The highest BCUT2D eigenvalue weighted by atomic mass is 35.5. The highest BCUT2D eigenvalue weighted by Crippen LogP contribution is 2.25. The molecule has 1 unspecified atom stereocenters. The van der Waals surface area contributed by atoms with Crippen LogP contribution in [-0.2, 0) is 4.79 Å². The van der Waals surface area contributed by atoms with Gasteiger partial charge in [0.05, 0.1) is 19.1 Å². The monoisotopic (exact) mass is 354 g/mol. The van der Waals surface area contributed by atoms with Crippen molar-refractivity contribution in [3.63, 3.8) is 0 Å². The van der Waals surface area contributed by atoms with Crippen molar-refractivity contribution in [1.82, 2.24) is 10.2 Å². The van der Waals surface area contributed by atoms with Gasteiger partial charge in [-0.2, -0.15) is 0 Å². The van der Waals surface area contributed by atoms with Crippen LogP contribution in [0.25, 0.3) is 0 Å². The molecule has 0 bridgehead atoms. The zero-order chi connectivity index (χ0) is 15.5. The molecule has 4 nitrogen and oxygen atoms in total. The second-order valence-electron chi connectivity index (χ2n) is 5.06. The van der Waals surface area contributed by atoms with Crippen LogP contribution in [0, 0.1) is 0 Å². The van der Waals surface area contributed by atoms with Crippen LogP contribution in [0.1, 0.15) is 6.42 Å². The molecule has 1 fully saturated rings. The lowest BCUT2D eigenvalue weighted by molar-refractivity contribution is -0.132. The Morgan fingerprint density at radius 1 is 1.45 bits per heavy atom. The fraction of sp³-hybridized carbons (Fsp3) is 0.500. The predicted octanol–water partition coefficient (Wildman–Crippen LogP) is 2.60. The van der Waals surface area contributed by atoms with Crippen LogP contribution < -0.4 is 10.1 Å². The molecule has 8 heteroatoms. The SMILES string of the molecule is CN(CCOc1ccc(Cl)cc1)C(=O)C1CC(F)(F)CN1.Cl. The minimum absolute atomic E-state index is 0. The average molecular weight is 355 g/mol. The summed E-state index contributed by atoms with van der Waals surface area (Å²) in [7, 11) is 1.58. The maximum absolute atomic E-state index is 13.1. The number of ether oxygens (including phenoxy) is 1. The molecule has 1 N–H and O–H groups in total. The summed E-state index contributed by atoms with van der Waals surface area (Å²) in [6.07, 6.45) is -0.450. The van der Waals surface area contributed by atoms with E-state index in [1.165, 1.54) is 4.90 Å². The van der Waals surface area contributed by atoms with Crippen LogP contribution in [0.15, 0.2) is 24.3 Å². The zero-order valence-corrected chi connectivity index (χ0v) is 13.6. The first-order valence-corrected chi connectivity index (χ1v) is 7.00. The standard InChI is InChI=1S/C14H17ClF2N2O2.ClH/c1-19(13(20)12-8-14(16,17)9-18-12)6-7-21-11-4-2-10(15)3-5-11;/h2-5,12,18H,6-9H2,1H3;1H. The van der Waals surface area contributed by atoms with E-state index in [4.69, 9.17) is 16.3 Å². The topological polar surface area (TPSA) is 41.6 Å². The number of hydrogen-bond donors (Lipinski definition) is 1. The van der Waals surface area contributed by atoms with Crippen molar-refractivity contribution in [2.45, 2.75) is 18.4 Å². The summed E-state index contributed by atoms with van der Waals surface area (Å²) in [4.78, 5) is 13.4. The van der Waals surface area contributed by atoms with E-state index in [1.54, 1.807) is 31.3 Å². The fourth-order valence-corrected chi connectivity index (χ4v) is 2.22. The van der Waals surface area contributed by atoms with Gasteiger partial charge in [0.15, 0.2) is 0 Å². The van der Waals surface area contributed by atoms with Gasteiger partial charge in [0, 0.05) is 18.5 Å². The Bertz CT molecular complexity index is 500. The average Bonchev–Trinajstić information content (AvgIpc) is 2.80. The molecule has 0 radical (unpaired) electrons. The van der Waals surface area contributed by atoms with Crippen molar-refractivity contribution in [2.24, 2.45) is 0 Å². The zero-order valence-electron chi connectivity index (χ0n) is 12.0. The molecule has 0 saturated carbocycles. The molecule has 1 aliphatic rings. The van der Waals surface area contributed by atoms with E-state index in [0.717, 1.165) is 0 Å². The third-order valence-electron chi connectivity index (χ3n) is 3.29. The van der Waals surface area contributed by atoms with E-state index in [2.05, 4.69) is 5.32 Å². The minimum Gasteiger partial charge on any atom is -0.492 e. The summed E-state index contributed by atoms with van der Waals surface area (Å²) < 4.78 is 31.6. The number of halogens is 4. The Labute approximate surface area is 139 Å². The maximum atomic E-state index is 13.1. The normalized spacial score (nSPS) is 19.4. The van der Waals surface area contributed by atoms with Crippen LogP contribution in [0.5, 0.6) is 5.75 Å². The number of carbonyl (C=O) groups is 1. The van der Waals surface area contributed by atoms with Crippen molar-refractivity contribution in [2.75, 3.05) is 26.7 Å². The van der Waals surface area contributed by atoms with Crippen molar-refractivity contribution < 1.29 is 18.3 Å². The third kappa shape index (κ3) is 5.26. The number of likely N-dealkylation sites (N-methyl/N-ethyl adjacent to an activating group) is 1. The molecule has 0 aliphatic carbocycles. The Hall–Kier alpha value is -1.11. The first kappa shape index (κ1) is 18.9. The van der Waals surface area contributed by atoms with Gasteiger partial charge in [-0.15, -0.1) is 12.4 Å². The Morgan fingerprint density at radius 3 is 2.64 bits per heavy atom. The van der Waals surface area contributed by atoms with Crippen molar-refractivity contribution in [1.29, 1.82) is 0 Å². The lowest BCUT2D eigenvalue weighted by Gasteiger charge is -2.21. The van der Waals surface area contributed by atoms with E-state index in [-0.39, 0.29) is 24.9 Å². The lowest BCUT2D eigenvalue weighted by atomic mass is 10.2. The van der Waals surface area contributed by atoms with Crippen LogP contribution >= 0.6 is 24.0 Å². The molecular formula is C14H18Cl2F2N2O2. The predicted molar refractivity (Wildman–Crippen MR) is 83.2 cm³/mol. The van der Waals surface area contributed by atoms with Gasteiger partial charge >= 0.3 is 0 Å². The largest absolute Gasteiger partial charge is 0.492 e. The summed E-state index contributed by atoms with van der Waals surface area (Å²) in [6.45, 7) is 0.163. The lowest BCUT2D eigenvalue weighted by Crippen LogP contribution is -2.43. The molecule has 1 aromatic rings. The summed E-state index contributed by atoms with van der Waals surface area (Å²) >= 11 is 5.76. The summed E-state index contributed by atoms with van der Waals surface area (Å²) in [5, 5.41) is 3.16. The molecule has 2 rings (SSSR count). The highest BCUT2D eigenvalue weighted by Gasteiger charge is 2.43. The second kappa shape index (κ2) is 7.94. The first-order chi connectivity index (χ1) is 9.87. The summed E-state index contributed by atoms with van der Waals surface area (Å²) in [6, 6.07) is 6.04. The number of rotatable bonds is 5. The molecular weight excluding hydrogens is 337 g/mol. The van der Waals surface area contributed by atoms with Crippen LogP contribution in [0.4, 0.5) is 8.78 Å². The number of benzene rings is 1. The minimum atomic E-state index is -2.80. The summed E-state index contributed by atoms with van der Waals surface area (Å²) in [5.74, 6) is -2.50. The number of nitrogens with one attached hydrogen (secondary N) is 1. The smallest absolute Gasteiger partial charge is 0.262 e. The van der Waals surface area contributed by atoms with E-state index in [9.17, 15) is 13.6 Å². The number of carbonyl (C=O) groups excluding carboxylic acids is 1. The third-order valence-corrected chi connectivity index (χ3v) is 3.55. The van der Waals surface area contributed by atoms with Gasteiger partial charge in [0.2, 0.25) is 5.91 Å². The molecule has 1 saturated heterocycles. The van der Waals surface area contributed by atoms with Crippen LogP contribution in [0.2, 0.25) is 5.02 Å². The molecule has 1 aromatic carbocycles. The first-order valence-electron chi connectivity index (χ1n) is 6.62. The van der Waals surface area contributed by atoms with Gasteiger partial charge in [-0.05, 0) is 24.3 Å². The van der Waals surface area contributed by atoms with Crippen molar-refractivity contribution in [3.8, 4) is 5.75 Å². The highest BCUT2D eigenvalue weighted by molar-refractivity contribution is 6.30. The quantitative estimate of drug-likeness (QED) is 0.883. The number of hydrogen-bond acceptors (Lipinski definition) is 3. The molecule has 0 aromatic heterocycles. The number of alkyl halides is 2. The fourth-order valence-electron chi connectivity index (χ4n) is 2.10. The molecule has 1 aliphatic heterocycles. The van der Waals surface area contributed by atoms with Crippen LogP contribution in [0.3, 0.4) is 0 Å². The Balaban J connectivity index is 0.00000242. The molecule has 22 heavy (non-hydrogen) atoms. The molecule has 124 valence electrons. The van der Waals surface area contributed by atoms with Crippen molar-refractivity contribution >= 4 is 29.9 Å². The Kier molecular flexibility index (Phi) is 6.84. The Morgan fingerprint density at radius 2 is 2.09 bits per heavy atom. The number of nitrogens with zero attached hydrogens (tertiary/aromatic N) is 1. The van der Waals surface area contributed by atoms with Crippen molar-refractivity contribution in [3.05, 3.63) is 29.3 Å². The molecule has 0 spiro atoms. The summed E-state index contributed by atoms with van der Waals surface area (Å²) in [5.41, 5.74) is 0. The van der Waals surface area contributed by atoms with E-state index in [0.29, 0.717) is 17.3 Å². The van der Waals surface area contributed by atoms with Crippen LogP contribution in [-0.4, -0.2) is 49.5 Å². The van der Waals surface area contributed by atoms with Gasteiger partial charge in [0.25, 0.3) is 5.92 Å². The van der Waals surface area contributed by atoms with Gasteiger partial charge in [0.1, 0.15) is 12.4 Å². The van der Waals surface area contributed by atoms with Gasteiger partial charge < -0.3 is 9.64 Å². The van der Waals surface area contributed by atoms with Gasteiger partial charge in [-0.25, -0.2) is 8.78 Å². The van der Waals surface area contributed by atoms with E-state index >= 15 is 0 Å². The van der Waals surface area contributed by atoms with E-state index < -0.39 is 24.9 Å². The molecule has 1 amide bonds. The molecule has 1 atom stereocenters. The number of amides is 1. The second-order valence-corrected chi connectivity index (χ2v) is 5.49. The van der Waals surface area contributed by atoms with Gasteiger partial charge in [-0.1, -0.05) is 11.6 Å². The van der Waals surface area contributed by atoms with E-state index in [1.807, 2.05) is 0 Å².